The first-order valence-electron chi connectivity index (χ1n) is 7.29. The van der Waals surface area contributed by atoms with Crippen LogP contribution in [-0.2, 0) is 6.54 Å². The normalized spacial score (nSPS) is 13.9. The number of nitrogens with one attached hydrogen (secondary N) is 1. The molecule has 0 bridgehead atoms. The number of halogens is 1. The van der Waals surface area contributed by atoms with Crippen molar-refractivity contribution in [2.45, 2.75) is 32.4 Å². The van der Waals surface area contributed by atoms with Gasteiger partial charge in [0.2, 0.25) is 0 Å². The van der Waals surface area contributed by atoms with E-state index in [0.717, 1.165) is 18.4 Å². The van der Waals surface area contributed by atoms with Crippen LogP contribution in [0.1, 0.15) is 46.2 Å². The Kier molecular flexibility index (Phi) is 3.79. The molecule has 22 heavy (non-hydrogen) atoms. The van der Waals surface area contributed by atoms with Crippen LogP contribution >= 0.6 is 0 Å². The lowest BCUT2D eigenvalue weighted by atomic mass is 10.2. The van der Waals surface area contributed by atoms with E-state index in [1.165, 1.54) is 19.1 Å². The molecule has 1 aromatic carbocycles. The Hall–Kier alpha value is -2.43. The highest BCUT2D eigenvalue weighted by Gasteiger charge is 2.33. The first-order chi connectivity index (χ1) is 10.5. The van der Waals surface area contributed by atoms with Crippen molar-refractivity contribution in [1.29, 1.82) is 0 Å². The number of aromatic amines is 1. The molecule has 114 valence electrons. The second-order valence-electron chi connectivity index (χ2n) is 5.65. The molecule has 1 aromatic heterocycles. The smallest absolute Gasteiger partial charge is 0.270 e. The van der Waals surface area contributed by atoms with Gasteiger partial charge in [-0.25, -0.2) is 4.39 Å². The lowest BCUT2D eigenvalue weighted by Gasteiger charge is -2.22. The quantitative estimate of drug-likeness (QED) is 0.862. The fourth-order valence-electron chi connectivity index (χ4n) is 2.46. The molecule has 0 saturated heterocycles. The molecule has 4 nitrogen and oxygen atoms in total. The first kappa shape index (κ1) is 14.5. The predicted octanol–water partition coefficient (Wildman–Crippen LogP) is 3.16. The number of Topliss-reactive ketones (excluding diaryl/α,β-unsaturated/α-hetero) is 1. The molecule has 1 heterocycles. The number of ketones is 1. The SMILES string of the molecule is CC(=O)c1c[nH]c(C(=O)N(Cc2cccc(F)c2)C2CC2)c1. The molecule has 0 atom stereocenters. The Bertz CT molecular complexity index is 719. The average Bonchev–Trinajstić information content (AvgIpc) is 3.19. The second-order valence-corrected chi connectivity index (χ2v) is 5.65. The maximum absolute atomic E-state index is 13.3. The zero-order valence-electron chi connectivity index (χ0n) is 12.3. The minimum Gasteiger partial charge on any atom is -0.356 e. The van der Waals surface area contributed by atoms with Crippen molar-refractivity contribution >= 4 is 11.7 Å². The van der Waals surface area contributed by atoms with E-state index in [-0.39, 0.29) is 23.5 Å². The highest BCUT2D eigenvalue weighted by atomic mass is 19.1. The van der Waals surface area contributed by atoms with Gasteiger partial charge in [0, 0.05) is 24.3 Å². The number of amides is 1. The third-order valence-electron chi connectivity index (χ3n) is 3.81. The van der Waals surface area contributed by atoms with E-state index in [9.17, 15) is 14.0 Å². The second kappa shape index (κ2) is 5.75. The van der Waals surface area contributed by atoms with Crippen LogP contribution < -0.4 is 0 Å². The lowest BCUT2D eigenvalue weighted by molar-refractivity contribution is 0.0724. The Morgan fingerprint density at radius 3 is 2.68 bits per heavy atom. The average molecular weight is 300 g/mol. The van der Waals surface area contributed by atoms with E-state index in [0.29, 0.717) is 17.8 Å². The third kappa shape index (κ3) is 3.08. The zero-order valence-corrected chi connectivity index (χ0v) is 12.3. The van der Waals surface area contributed by atoms with E-state index in [1.807, 2.05) is 0 Å². The number of carbonyl (C=O) groups is 2. The maximum Gasteiger partial charge on any atom is 0.270 e. The molecule has 1 amide bonds. The molecular weight excluding hydrogens is 283 g/mol. The van der Waals surface area contributed by atoms with Crippen LogP contribution in [-0.4, -0.2) is 27.6 Å². The fourth-order valence-corrected chi connectivity index (χ4v) is 2.46. The molecule has 0 radical (unpaired) electrons. The molecule has 0 aliphatic heterocycles. The van der Waals surface area contributed by atoms with Crippen molar-refractivity contribution in [3.05, 3.63) is 59.2 Å². The van der Waals surface area contributed by atoms with Crippen molar-refractivity contribution < 1.29 is 14.0 Å². The van der Waals surface area contributed by atoms with Gasteiger partial charge in [0.15, 0.2) is 5.78 Å². The minimum atomic E-state index is -0.306. The summed E-state index contributed by atoms with van der Waals surface area (Å²) in [5.41, 5.74) is 1.65. The molecule has 1 N–H and O–H groups in total. The molecule has 2 aromatic rings. The molecule has 0 spiro atoms. The van der Waals surface area contributed by atoms with Crippen LogP contribution in [0.25, 0.3) is 0 Å². The van der Waals surface area contributed by atoms with Gasteiger partial charge >= 0.3 is 0 Å². The molecule has 3 rings (SSSR count). The van der Waals surface area contributed by atoms with Crippen molar-refractivity contribution in [3.63, 3.8) is 0 Å². The van der Waals surface area contributed by atoms with E-state index >= 15 is 0 Å². The summed E-state index contributed by atoms with van der Waals surface area (Å²) in [5.74, 6) is -0.544. The van der Waals surface area contributed by atoms with Gasteiger partial charge in [-0.3, -0.25) is 9.59 Å². The topological polar surface area (TPSA) is 53.2 Å². The maximum atomic E-state index is 13.3. The third-order valence-corrected chi connectivity index (χ3v) is 3.81. The number of benzene rings is 1. The predicted molar refractivity (Wildman–Crippen MR) is 80.1 cm³/mol. The van der Waals surface area contributed by atoms with E-state index in [4.69, 9.17) is 0 Å². The summed E-state index contributed by atoms with van der Waals surface area (Å²) in [6, 6.07) is 8.05. The van der Waals surface area contributed by atoms with Crippen LogP contribution in [0.4, 0.5) is 4.39 Å². The number of hydrogen-bond donors (Lipinski definition) is 1. The summed E-state index contributed by atoms with van der Waals surface area (Å²) in [6.45, 7) is 1.83. The van der Waals surface area contributed by atoms with Gasteiger partial charge in [0.25, 0.3) is 5.91 Å². The Morgan fingerprint density at radius 2 is 2.09 bits per heavy atom. The van der Waals surface area contributed by atoms with E-state index in [2.05, 4.69) is 4.98 Å². The standard InChI is InChI=1S/C17H17FN2O2/c1-11(21)13-8-16(19-9-13)17(22)20(15-5-6-15)10-12-3-2-4-14(18)7-12/h2-4,7-9,15,19H,5-6,10H2,1H3. The molecule has 1 aliphatic carbocycles. The van der Waals surface area contributed by atoms with Gasteiger partial charge in [0.1, 0.15) is 11.5 Å². The minimum absolute atomic E-state index is 0.0848. The Morgan fingerprint density at radius 1 is 1.32 bits per heavy atom. The molecule has 1 aliphatic rings. The highest BCUT2D eigenvalue weighted by Crippen LogP contribution is 2.30. The fraction of sp³-hybridized carbons (Fsp3) is 0.294. The number of carbonyl (C=O) groups excluding carboxylic acids is 2. The number of nitrogens with zero attached hydrogens (tertiary/aromatic N) is 1. The summed E-state index contributed by atoms with van der Waals surface area (Å²) < 4.78 is 13.3. The lowest BCUT2D eigenvalue weighted by Crippen LogP contribution is -2.32. The van der Waals surface area contributed by atoms with Gasteiger partial charge in [-0.05, 0) is 43.5 Å². The molecular formula is C17H17FN2O2. The van der Waals surface area contributed by atoms with Gasteiger partial charge in [-0.15, -0.1) is 0 Å². The van der Waals surface area contributed by atoms with E-state index in [1.54, 1.807) is 29.3 Å². The van der Waals surface area contributed by atoms with Crippen molar-refractivity contribution in [2.75, 3.05) is 0 Å². The van der Waals surface area contributed by atoms with Crippen LogP contribution in [0.5, 0.6) is 0 Å². The molecule has 1 saturated carbocycles. The number of H-pyrrole nitrogens is 1. The molecule has 0 unspecified atom stereocenters. The van der Waals surface area contributed by atoms with Crippen LogP contribution in [0.2, 0.25) is 0 Å². The van der Waals surface area contributed by atoms with Gasteiger partial charge in [-0.2, -0.15) is 0 Å². The van der Waals surface area contributed by atoms with Gasteiger partial charge in [-0.1, -0.05) is 12.1 Å². The van der Waals surface area contributed by atoms with Gasteiger partial charge in [0.05, 0.1) is 0 Å². The summed E-state index contributed by atoms with van der Waals surface area (Å²) in [5, 5.41) is 0. The first-order valence-corrected chi connectivity index (χ1v) is 7.29. The summed E-state index contributed by atoms with van der Waals surface area (Å²) in [6.07, 6.45) is 3.46. The molecule has 5 heteroatoms. The van der Waals surface area contributed by atoms with Crippen molar-refractivity contribution in [3.8, 4) is 0 Å². The zero-order chi connectivity index (χ0) is 15.7. The summed E-state index contributed by atoms with van der Waals surface area (Å²) in [7, 11) is 0. The number of aromatic nitrogens is 1. The van der Waals surface area contributed by atoms with Crippen LogP contribution in [0.15, 0.2) is 36.5 Å². The largest absolute Gasteiger partial charge is 0.356 e. The Balaban J connectivity index is 1.81. The van der Waals surface area contributed by atoms with E-state index < -0.39 is 0 Å². The van der Waals surface area contributed by atoms with Crippen LogP contribution in [0, 0.1) is 5.82 Å². The highest BCUT2D eigenvalue weighted by molar-refractivity contribution is 5.99. The van der Waals surface area contributed by atoms with Crippen molar-refractivity contribution in [1.82, 2.24) is 9.88 Å². The van der Waals surface area contributed by atoms with Gasteiger partial charge < -0.3 is 9.88 Å². The number of hydrogen-bond acceptors (Lipinski definition) is 2. The molecule has 1 fully saturated rings. The van der Waals surface area contributed by atoms with Crippen LogP contribution in [0.3, 0.4) is 0 Å². The number of rotatable bonds is 5. The summed E-state index contributed by atoms with van der Waals surface area (Å²) in [4.78, 5) is 28.6. The monoisotopic (exact) mass is 300 g/mol. The van der Waals surface area contributed by atoms with Crippen molar-refractivity contribution in [2.24, 2.45) is 0 Å². The summed E-state index contributed by atoms with van der Waals surface area (Å²) >= 11 is 0. The Labute approximate surface area is 127 Å².